The van der Waals surface area contributed by atoms with Crippen LogP contribution in [-0.2, 0) is 0 Å². The lowest BCUT2D eigenvalue weighted by Gasteiger charge is -2.28. The number of nitrogens with zero attached hydrogens (tertiary/aromatic N) is 1. The predicted molar refractivity (Wildman–Crippen MR) is 58.0 cm³/mol. The number of rotatable bonds is 4. The van der Waals surface area contributed by atoms with Gasteiger partial charge in [-0.3, -0.25) is 5.41 Å². The normalized spacial score (nSPS) is 14.6. The number of hydrogen-bond donors (Lipinski definition) is 2. The summed E-state index contributed by atoms with van der Waals surface area (Å²) in [6.45, 7) is 10.5. The van der Waals surface area contributed by atoms with Gasteiger partial charge in [0.25, 0.3) is 0 Å². The van der Waals surface area contributed by atoms with Crippen LogP contribution in [0.1, 0.15) is 27.7 Å². The molecule has 78 valence electrons. The van der Waals surface area contributed by atoms with Crippen molar-refractivity contribution in [1.82, 2.24) is 4.90 Å². The van der Waals surface area contributed by atoms with Crippen LogP contribution in [0, 0.1) is 16.7 Å². The van der Waals surface area contributed by atoms with E-state index >= 15 is 0 Å². The molecule has 0 radical (unpaired) electrons. The van der Waals surface area contributed by atoms with Crippen molar-refractivity contribution in [2.75, 3.05) is 20.1 Å². The fraction of sp³-hybridized carbons (Fsp3) is 0.900. The number of nitrogens with two attached hydrogens (primary N) is 1. The molecule has 0 bridgehead atoms. The van der Waals surface area contributed by atoms with E-state index in [1.54, 1.807) is 0 Å². The van der Waals surface area contributed by atoms with Crippen LogP contribution in [-0.4, -0.2) is 30.9 Å². The first kappa shape index (κ1) is 12.4. The molecule has 0 aromatic carbocycles. The largest absolute Gasteiger partial charge is 0.387 e. The van der Waals surface area contributed by atoms with E-state index in [0.717, 1.165) is 13.1 Å². The van der Waals surface area contributed by atoms with Crippen molar-refractivity contribution in [1.29, 1.82) is 5.41 Å². The molecule has 0 amide bonds. The SMILES string of the molecule is CC(CN(C)CC(C)(C)C)C(=N)N. The first-order chi connectivity index (χ1) is 5.72. The predicted octanol–water partition coefficient (Wildman–Crippen LogP) is 1.54. The first-order valence-corrected chi connectivity index (χ1v) is 4.75. The topological polar surface area (TPSA) is 53.1 Å². The van der Waals surface area contributed by atoms with Crippen LogP contribution in [0.3, 0.4) is 0 Å². The summed E-state index contributed by atoms with van der Waals surface area (Å²) in [5, 5.41) is 7.28. The molecule has 3 nitrogen and oxygen atoms in total. The molecule has 3 heteroatoms. The minimum absolute atomic E-state index is 0.160. The van der Waals surface area contributed by atoms with Crippen LogP contribution < -0.4 is 5.73 Å². The Balaban J connectivity index is 3.88. The molecule has 0 aliphatic rings. The van der Waals surface area contributed by atoms with E-state index in [2.05, 4.69) is 32.7 Å². The van der Waals surface area contributed by atoms with Crippen LogP contribution in [0.25, 0.3) is 0 Å². The van der Waals surface area contributed by atoms with Gasteiger partial charge in [0.15, 0.2) is 0 Å². The van der Waals surface area contributed by atoms with Crippen molar-refractivity contribution < 1.29 is 0 Å². The summed E-state index contributed by atoms with van der Waals surface area (Å²) in [4.78, 5) is 2.23. The maximum Gasteiger partial charge on any atom is 0.0947 e. The third-order valence-electron chi connectivity index (χ3n) is 1.86. The molecule has 13 heavy (non-hydrogen) atoms. The summed E-state index contributed by atoms with van der Waals surface area (Å²) >= 11 is 0. The van der Waals surface area contributed by atoms with Gasteiger partial charge in [-0.1, -0.05) is 27.7 Å². The van der Waals surface area contributed by atoms with E-state index in [9.17, 15) is 0 Å². The van der Waals surface area contributed by atoms with Gasteiger partial charge in [0.05, 0.1) is 5.84 Å². The third-order valence-corrected chi connectivity index (χ3v) is 1.86. The van der Waals surface area contributed by atoms with Gasteiger partial charge in [-0.2, -0.15) is 0 Å². The van der Waals surface area contributed by atoms with Gasteiger partial charge in [-0.15, -0.1) is 0 Å². The Kier molecular flexibility index (Phi) is 4.40. The smallest absolute Gasteiger partial charge is 0.0947 e. The van der Waals surface area contributed by atoms with Gasteiger partial charge in [-0.25, -0.2) is 0 Å². The molecule has 0 aliphatic carbocycles. The zero-order chi connectivity index (χ0) is 10.6. The summed E-state index contributed by atoms with van der Waals surface area (Å²) in [5.41, 5.74) is 5.72. The van der Waals surface area contributed by atoms with Gasteiger partial charge >= 0.3 is 0 Å². The number of amidine groups is 1. The molecule has 3 N–H and O–H groups in total. The molecule has 0 fully saturated rings. The van der Waals surface area contributed by atoms with Crippen LogP contribution >= 0.6 is 0 Å². The minimum Gasteiger partial charge on any atom is -0.387 e. The zero-order valence-corrected chi connectivity index (χ0v) is 9.52. The molecular formula is C10H23N3. The molecule has 0 saturated carbocycles. The molecule has 1 atom stereocenters. The molecule has 1 unspecified atom stereocenters. The lowest BCUT2D eigenvalue weighted by molar-refractivity contribution is 0.217. The van der Waals surface area contributed by atoms with Crippen molar-refractivity contribution in [3.8, 4) is 0 Å². The summed E-state index contributed by atoms with van der Waals surface area (Å²) in [7, 11) is 2.07. The Morgan fingerprint density at radius 3 is 2.23 bits per heavy atom. The summed E-state index contributed by atoms with van der Waals surface area (Å²) in [6.07, 6.45) is 0. The van der Waals surface area contributed by atoms with E-state index in [-0.39, 0.29) is 11.8 Å². The van der Waals surface area contributed by atoms with Crippen molar-refractivity contribution in [2.24, 2.45) is 17.1 Å². The third kappa shape index (κ3) is 6.58. The van der Waals surface area contributed by atoms with Crippen LogP contribution in [0.2, 0.25) is 0 Å². The molecule has 0 spiro atoms. The Morgan fingerprint density at radius 1 is 1.46 bits per heavy atom. The van der Waals surface area contributed by atoms with E-state index < -0.39 is 0 Å². The van der Waals surface area contributed by atoms with Crippen LogP contribution in [0.5, 0.6) is 0 Å². The minimum atomic E-state index is 0.160. The quantitative estimate of drug-likeness (QED) is 0.515. The number of nitrogens with one attached hydrogen (secondary N) is 1. The summed E-state index contributed by atoms with van der Waals surface area (Å²) in [5.74, 6) is 0.438. The maximum atomic E-state index is 7.28. The van der Waals surface area contributed by atoms with Gasteiger partial charge in [0.2, 0.25) is 0 Å². The lowest BCUT2D eigenvalue weighted by atomic mass is 9.96. The number of hydrogen-bond acceptors (Lipinski definition) is 2. The van der Waals surface area contributed by atoms with E-state index in [1.807, 2.05) is 6.92 Å². The second-order valence-electron chi connectivity index (χ2n) is 5.11. The van der Waals surface area contributed by atoms with E-state index in [1.165, 1.54) is 0 Å². The van der Waals surface area contributed by atoms with Gasteiger partial charge in [-0.05, 0) is 12.5 Å². The van der Waals surface area contributed by atoms with Crippen molar-refractivity contribution in [3.63, 3.8) is 0 Å². The van der Waals surface area contributed by atoms with E-state index in [4.69, 9.17) is 11.1 Å². The Labute approximate surface area is 81.8 Å². The zero-order valence-electron chi connectivity index (χ0n) is 9.52. The van der Waals surface area contributed by atoms with Crippen molar-refractivity contribution in [2.45, 2.75) is 27.7 Å². The monoisotopic (exact) mass is 185 g/mol. The highest BCUT2D eigenvalue weighted by molar-refractivity contribution is 5.79. The molecule has 0 aliphatic heterocycles. The average molecular weight is 185 g/mol. The second-order valence-corrected chi connectivity index (χ2v) is 5.11. The molecule has 0 aromatic rings. The average Bonchev–Trinajstić information content (AvgIpc) is 1.81. The second kappa shape index (κ2) is 4.61. The summed E-state index contributed by atoms with van der Waals surface area (Å²) in [6, 6.07) is 0. The fourth-order valence-electron chi connectivity index (χ4n) is 1.44. The maximum absolute atomic E-state index is 7.28. The molecule has 0 rings (SSSR count). The Morgan fingerprint density at radius 2 is 1.92 bits per heavy atom. The van der Waals surface area contributed by atoms with Crippen LogP contribution in [0.15, 0.2) is 0 Å². The lowest BCUT2D eigenvalue weighted by Crippen LogP contribution is -2.36. The molecule has 0 saturated heterocycles. The molecule has 0 aromatic heterocycles. The van der Waals surface area contributed by atoms with Gasteiger partial charge < -0.3 is 10.6 Å². The van der Waals surface area contributed by atoms with E-state index in [0.29, 0.717) is 5.41 Å². The summed E-state index contributed by atoms with van der Waals surface area (Å²) < 4.78 is 0. The standard InChI is InChI=1S/C10H23N3/c1-8(9(11)12)6-13(5)7-10(2,3)4/h8H,6-7H2,1-5H3,(H3,11,12). The van der Waals surface area contributed by atoms with Crippen LogP contribution in [0.4, 0.5) is 0 Å². The fourth-order valence-corrected chi connectivity index (χ4v) is 1.44. The highest BCUT2D eigenvalue weighted by Crippen LogP contribution is 2.14. The van der Waals surface area contributed by atoms with Crippen molar-refractivity contribution in [3.05, 3.63) is 0 Å². The highest BCUT2D eigenvalue weighted by atomic mass is 15.1. The molecular weight excluding hydrogens is 162 g/mol. The Bertz CT molecular complexity index is 169. The van der Waals surface area contributed by atoms with Crippen molar-refractivity contribution >= 4 is 5.84 Å². The first-order valence-electron chi connectivity index (χ1n) is 4.75. The highest BCUT2D eigenvalue weighted by Gasteiger charge is 2.15. The Hall–Kier alpha value is -0.570. The van der Waals surface area contributed by atoms with Gasteiger partial charge in [0, 0.05) is 19.0 Å². The van der Waals surface area contributed by atoms with Gasteiger partial charge in [0.1, 0.15) is 0 Å². The molecule has 0 heterocycles.